The highest BCUT2D eigenvalue weighted by atomic mass is 79.9. The highest BCUT2D eigenvalue weighted by Crippen LogP contribution is 2.13. The van der Waals surface area contributed by atoms with Gasteiger partial charge in [0.05, 0.1) is 0 Å². The van der Waals surface area contributed by atoms with E-state index in [1.807, 2.05) is 24.3 Å². The van der Waals surface area contributed by atoms with Crippen LogP contribution in [0.3, 0.4) is 0 Å². The van der Waals surface area contributed by atoms with Gasteiger partial charge in [-0.25, -0.2) is 0 Å². The van der Waals surface area contributed by atoms with Gasteiger partial charge in [-0.2, -0.15) is 5.10 Å². The maximum atomic E-state index is 5.79. The zero-order valence-electron chi connectivity index (χ0n) is 6.51. The molecule has 0 fully saturated rings. The van der Waals surface area contributed by atoms with Gasteiger partial charge in [0.15, 0.2) is 0 Å². The summed E-state index contributed by atoms with van der Waals surface area (Å²) in [7, 11) is 1.74. The van der Waals surface area contributed by atoms with Crippen molar-refractivity contribution in [2.45, 2.75) is 0 Å². The van der Waals surface area contributed by atoms with Crippen LogP contribution in [0.2, 0.25) is 5.02 Å². The molecular weight excluding hydrogens is 239 g/mol. The van der Waals surface area contributed by atoms with E-state index in [4.69, 9.17) is 11.6 Å². The molecule has 0 aromatic heterocycles. The summed E-state index contributed by atoms with van der Waals surface area (Å²) in [5.41, 5.74) is 3.64. The largest absolute Gasteiger partial charge is 0.312 e. The minimum Gasteiger partial charge on any atom is -0.312 e. The Hall–Kier alpha value is -0.540. The number of hydrogen-bond donors (Lipinski definition) is 1. The molecule has 2 nitrogen and oxygen atoms in total. The number of nitrogens with one attached hydrogen (secondary N) is 1. The summed E-state index contributed by atoms with van der Waals surface area (Å²) in [5.74, 6) is 0. The number of rotatable bonds is 2. The van der Waals surface area contributed by atoms with E-state index in [0.717, 1.165) is 10.2 Å². The minimum absolute atomic E-state index is 0.704. The van der Waals surface area contributed by atoms with Crippen molar-refractivity contribution in [1.29, 1.82) is 0 Å². The van der Waals surface area contributed by atoms with Crippen LogP contribution in [-0.2, 0) is 0 Å². The third-order valence-corrected chi connectivity index (χ3v) is 2.14. The van der Waals surface area contributed by atoms with E-state index in [1.165, 1.54) is 0 Å². The molecule has 0 amide bonds. The summed E-state index contributed by atoms with van der Waals surface area (Å²) in [6.07, 6.45) is 0. The van der Waals surface area contributed by atoms with E-state index in [-0.39, 0.29) is 0 Å². The molecule has 4 heteroatoms. The molecule has 12 heavy (non-hydrogen) atoms. The van der Waals surface area contributed by atoms with Crippen LogP contribution in [0.15, 0.2) is 29.4 Å². The van der Waals surface area contributed by atoms with Crippen LogP contribution < -0.4 is 5.43 Å². The summed E-state index contributed by atoms with van der Waals surface area (Å²) in [4.78, 5) is 0. The van der Waals surface area contributed by atoms with Crippen molar-refractivity contribution in [2.75, 3.05) is 7.05 Å². The fraction of sp³-hybridized carbons (Fsp3) is 0.125. The van der Waals surface area contributed by atoms with Gasteiger partial charge in [0.2, 0.25) is 0 Å². The standard InChI is InChI=1S/C8H8BrClN2/c1-11-12-8(9)6-3-2-4-7(10)5-6/h2-5,11H,1H3/b12-8+. The molecule has 64 valence electrons. The van der Waals surface area contributed by atoms with Gasteiger partial charge < -0.3 is 5.43 Å². The summed E-state index contributed by atoms with van der Waals surface area (Å²) >= 11 is 9.10. The van der Waals surface area contributed by atoms with Gasteiger partial charge in [-0.3, -0.25) is 0 Å². The van der Waals surface area contributed by atoms with Crippen LogP contribution in [-0.4, -0.2) is 11.7 Å². The molecule has 0 saturated heterocycles. The SMILES string of the molecule is CN/N=C(/Br)c1cccc(Cl)c1. The lowest BCUT2D eigenvalue weighted by atomic mass is 10.2. The third kappa shape index (κ3) is 2.50. The molecule has 0 bridgehead atoms. The van der Waals surface area contributed by atoms with E-state index in [1.54, 1.807) is 7.05 Å². The van der Waals surface area contributed by atoms with Crippen molar-refractivity contribution in [1.82, 2.24) is 5.43 Å². The van der Waals surface area contributed by atoms with Crippen molar-refractivity contribution in [3.05, 3.63) is 34.9 Å². The van der Waals surface area contributed by atoms with Gasteiger partial charge in [0, 0.05) is 17.6 Å². The Morgan fingerprint density at radius 2 is 2.33 bits per heavy atom. The number of hydrazone groups is 1. The van der Waals surface area contributed by atoms with E-state index in [9.17, 15) is 0 Å². The van der Waals surface area contributed by atoms with Gasteiger partial charge in [0.1, 0.15) is 4.62 Å². The van der Waals surface area contributed by atoms with Crippen LogP contribution in [0.25, 0.3) is 0 Å². The van der Waals surface area contributed by atoms with Crippen LogP contribution in [0, 0.1) is 0 Å². The molecule has 0 aliphatic carbocycles. The molecule has 0 aliphatic rings. The van der Waals surface area contributed by atoms with E-state index in [0.29, 0.717) is 5.02 Å². The van der Waals surface area contributed by atoms with Crippen LogP contribution >= 0.6 is 27.5 Å². The lowest BCUT2D eigenvalue weighted by Gasteiger charge is -1.98. The first-order valence-electron chi connectivity index (χ1n) is 3.40. The summed E-state index contributed by atoms with van der Waals surface area (Å²) in [6, 6.07) is 7.47. The second-order valence-electron chi connectivity index (χ2n) is 2.14. The van der Waals surface area contributed by atoms with E-state index in [2.05, 4.69) is 26.5 Å². The Balaban J connectivity index is 2.95. The Morgan fingerprint density at radius 1 is 1.58 bits per heavy atom. The van der Waals surface area contributed by atoms with Crippen molar-refractivity contribution in [3.8, 4) is 0 Å². The molecule has 1 rings (SSSR count). The predicted molar refractivity (Wildman–Crippen MR) is 56.0 cm³/mol. The highest BCUT2D eigenvalue weighted by Gasteiger charge is 1.98. The molecule has 0 unspecified atom stereocenters. The number of hydrogen-bond acceptors (Lipinski definition) is 2. The maximum absolute atomic E-state index is 5.79. The number of nitrogens with zero attached hydrogens (tertiary/aromatic N) is 1. The van der Waals surface area contributed by atoms with E-state index >= 15 is 0 Å². The Labute approximate surface area is 84.7 Å². The summed E-state index contributed by atoms with van der Waals surface area (Å²) in [5, 5.41) is 4.67. The van der Waals surface area contributed by atoms with Gasteiger partial charge in [-0.05, 0) is 28.1 Å². The van der Waals surface area contributed by atoms with Crippen molar-refractivity contribution in [2.24, 2.45) is 5.10 Å². The number of benzene rings is 1. The number of halogens is 2. The fourth-order valence-corrected chi connectivity index (χ4v) is 1.39. The Bertz CT molecular complexity index is 299. The second-order valence-corrected chi connectivity index (χ2v) is 3.32. The van der Waals surface area contributed by atoms with Crippen molar-refractivity contribution >= 4 is 32.2 Å². The van der Waals surface area contributed by atoms with Crippen molar-refractivity contribution < 1.29 is 0 Å². The van der Waals surface area contributed by atoms with Crippen LogP contribution in [0.1, 0.15) is 5.56 Å². The van der Waals surface area contributed by atoms with Gasteiger partial charge in [0.25, 0.3) is 0 Å². The first-order valence-corrected chi connectivity index (χ1v) is 4.57. The fourth-order valence-electron chi connectivity index (χ4n) is 0.780. The molecular formula is C8H8BrClN2. The van der Waals surface area contributed by atoms with Crippen LogP contribution in [0.5, 0.6) is 0 Å². The molecule has 0 atom stereocenters. The second kappa shape index (κ2) is 4.48. The Morgan fingerprint density at radius 3 is 2.92 bits per heavy atom. The molecule has 0 aliphatic heterocycles. The van der Waals surface area contributed by atoms with Gasteiger partial charge in [-0.1, -0.05) is 23.7 Å². The summed E-state index contributed by atoms with van der Waals surface area (Å²) in [6.45, 7) is 0. The lowest BCUT2D eigenvalue weighted by molar-refractivity contribution is 0.906. The lowest BCUT2D eigenvalue weighted by Crippen LogP contribution is -2.00. The molecule has 0 spiro atoms. The Kier molecular flexibility index (Phi) is 3.56. The third-order valence-electron chi connectivity index (χ3n) is 1.27. The smallest absolute Gasteiger partial charge is 0.133 e. The topological polar surface area (TPSA) is 24.4 Å². The van der Waals surface area contributed by atoms with Crippen LogP contribution in [0.4, 0.5) is 0 Å². The molecule has 0 radical (unpaired) electrons. The zero-order valence-corrected chi connectivity index (χ0v) is 8.85. The predicted octanol–water partition coefficient (Wildman–Crippen LogP) is 2.62. The monoisotopic (exact) mass is 246 g/mol. The quantitative estimate of drug-likeness (QED) is 0.630. The molecule has 1 N–H and O–H groups in total. The summed E-state index contributed by atoms with van der Waals surface area (Å²) < 4.78 is 0.743. The normalized spacial score (nSPS) is 11.4. The van der Waals surface area contributed by atoms with Crippen molar-refractivity contribution in [3.63, 3.8) is 0 Å². The average molecular weight is 248 g/mol. The van der Waals surface area contributed by atoms with Gasteiger partial charge >= 0.3 is 0 Å². The molecule has 0 saturated carbocycles. The maximum Gasteiger partial charge on any atom is 0.133 e. The first kappa shape index (κ1) is 9.55. The molecule has 1 aromatic carbocycles. The van der Waals surface area contributed by atoms with Gasteiger partial charge in [-0.15, -0.1) is 0 Å². The molecule has 1 aromatic rings. The zero-order chi connectivity index (χ0) is 8.97. The molecule has 0 heterocycles. The highest BCUT2D eigenvalue weighted by molar-refractivity contribution is 9.18. The van der Waals surface area contributed by atoms with E-state index < -0.39 is 0 Å². The average Bonchev–Trinajstić information content (AvgIpc) is 2.05. The first-order chi connectivity index (χ1) is 5.74. The minimum atomic E-state index is 0.704.